The van der Waals surface area contributed by atoms with E-state index in [-0.39, 0.29) is 6.04 Å². The van der Waals surface area contributed by atoms with E-state index in [2.05, 4.69) is 25.3 Å². The maximum Gasteiger partial charge on any atom is 0.282 e. The number of nitrogens with zero attached hydrogens (tertiary/aromatic N) is 2. The highest BCUT2D eigenvalue weighted by molar-refractivity contribution is 5.90. The molecule has 0 unspecified atom stereocenters. The van der Waals surface area contributed by atoms with E-state index in [1.54, 1.807) is 4.90 Å². The molecule has 1 aliphatic rings. The molecule has 0 saturated carbocycles. The van der Waals surface area contributed by atoms with E-state index >= 15 is 0 Å². The molecule has 16 heavy (non-hydrogen) atoms. The average molecular weight is 228 g/mol. The predicted molar refractivity (Wildman–Crippen MR) is 62.7 cm³/mol. The standard InChI is InChI=1S/C12H21FN2O/c1-5-11-8-14(9(2)3)6-7-15(11)12(16)10(4)13/h9,11H,4-8H2,1-3H3/t11-/m0/s1. The summed E-state index contributed by atoms with van der Waals surface area (Å²) in [5.74, 6) is -1.40. The number of rotatable bonds is 3. The third-order valence-electron chi connectivity index (χ3n) is 3.21. The van der Waals surface area contributed by atoms with Gasteiger partial charge in [-0.05, 0) is 20.3 Å². The van der Waals surface area contributed by atoms with E-state index in [1.165, 1.54) is 0 Å². The largest absolute Gasteiger partial charge is 0.331 e. The van der Waals surface area contributed by atoms with Crippen LogP contribution in [0.2, 0.25) is 0 Å². The van der Waals surface area contributed by atoms with Gasteiger partial charge in [0.25, 0.3) is 5.91 Å². The van der Waals surface area contributed by atoms with Gasteiger partial charge in [0.2, 0.25) is 0 Å². The van der Waals surface area contributed by atoms with Crippen molar-refractivity contribution in [1.82, 2.24) is 9.80 Å². The predicted octanol–water partition coefficient (Wildman–Crippen LogP) is 1.80. The quantitative estimate of drug-likeness (QED) is 0.688. The van der Waals surface area contributed by atoms with Crippen molar-refractivity contribution in [3.8, 4) is 0 Å². The Morgan fingerprint density at radius 2 is 2.12 bits per heavy atom. The first-order valence-corrected chi connectivity index (χ1v) is 5.86. The van der Waals surface area contributed by atoms with Crippen LogP contribution in [0, 0.1) is 0 Å². The smallest absolute Gasteiger partial charge is 0.282 e. The summed E-state index contributed by atoms with van der Waals surface area (Å²) >= 11 is 0. The lowest BCUT2D eigenvalue weighted by atomic mass is 10.1. The Morgan fingerprint density at radius 3 is 2.56 bits per heavy atom. The fourth-order valence-corrected chi connectivity index (χ4v) is 2.12. The molecule has 0 N–H and O–H groups in total. The van der Waals surface area contributed by atoms with Crippen LogP contribution in [0.5, 0.6) is 0 Å². The van der Waals surface area contributed by atoms with E-state index in [0.717, 1.165) is 19.5 Å². The summed E-state index contributed by atoms with van der Waals surface area (Å²) in [7, 11) is 0. The minimum Gasteiger partial charge on any atom is -0.331 e. The highest BCUT2D eigenvalue weighted by atomic mass is 19.1. The highest BCUT2D eigenvalue weighted by Gasteiger charge is 2.31. The van der Waals surface area contributed by atoms with Crippen LogP contribution in [-0.4, -0.2) is 47.4 Å². The molecular weight excluding hydrogens is 207 g/mol. The van der Waals surface area contributed by atoms with Gasteiger partial charge in [0, 0.05) is 31.7 Å². The Hall–Kier alpha value is -0.900. The molecule has 0 aliphatic carbocycles. The van der Waals surface area contributed by atoms with Crippen LogP contribution in [-0.2, 0) is 4.79 Å². The molecule has 3 nitrogen and oxygen atoms in total. The Kier molecular flexibility index (Phi) is 4.47. The summed E-state index contributed by atoms with van der Waals surface area (Å²) in [6.07, 6.45) is 0.849. The zero-order valence-electron chi connectivity index (χ0n) is 10.4. The summed E-state index contributed by atoms with van der Waals surface area (Å²) in [6.45, 7) is 11.6. The number of piperazine rings is 1. The van der Waals surface area contributed by atoms with Gasteiger partial charge in [-0.15, -0.1) is 0 Å². The SMILES string of the molecule is C=C(F)C(=O)N1CCN(C(C)C)C[C@@H]1CC. The van der Waals surface area contributed by atoms with E-state index in [9.17, 15) is 9.18 Å². The van der Waals surface area contributed by atoms with Crippen LogP contribution in [0.4, 0.5) is 4.39 Å². The Balaban J connectivity index is 2.69. The fraction of sp³-hybridized carbons (Fsp3) is 0.750. The molecule has 1 aliphatic heterocycles. The lowest BCUT2D eigenvalue weighted by molar-refractivity contribution is -0.134. The van der Waals surface area contributed by atoms with Crippen molar-refractivity contribution < 1.29 is 9.18 Å². The summed E-state index contributed by atoms with van der Waals surface area (Å²) in [4.78, 5) is 15.5. The average Bonchev–Trinajstić information content (AvgIpc) is 2.26. The van der Waals surface area contributed by atoms with Crippen LogP contribution >= 0.6 is 0 Å². The summed E-state index contributed by atoms with van der Waals surface area (Å²) in [5, 5.41) is 0. The maximum atomic E-state index is 12.8. The van der Waals surface area contributed by atoms with Gasteiger partial charge in [-0.25, -0.2) is 4.39 Å². The van der Waals surface area contributed by atoms with Crippen molar-refractivity contribution >= 4 is 5.91 Å². The van der Waals surface area contributed by atoms with E-state index in [0.29, 0.717) is 12.6 Å². The summed E-state index contributed by atoms with van der Waals surface area (Å²) in [6, 6.07) is 0.580. The van der Waals surface area contributed by atoms with E-state index in [4.69, 9.17) is 0 Å². The highest BCUT2D eigenvalue weighted by Crippen LogP contribution is 2.17. The van der Waals surface area contributed by atoms with Crippen LogP contribution in [0.25, 0.3) is 0 Å². The van der Waals surface area contributed by atoms with Crippen LogP contribution in [0.3, 0.4) is 0 Å². The Labute approximate surface area is 96.9 Å². The second-order valence-corrected chi connectivity index (χ2v) is 4.55. The monoisotopic (exact) mass is 228 g/mol. The van der Waals surface area contributed by atoms with Crippen molar-refractivity contribution in [2.75, 3.05) is 19.6 Å². The van der Waals surface area contributed by atoms with Crippen molar-refractivity contribution in [2.45, 2.75) is 39.3 Å². The van der Waals surface area contributed by atoms with Gasteiger partial charge < -0.3 is 4.90 Å². The molecule has 0 spiro atoms. The number of hydrogen-bond acceptors (Lipinski definition) is 2. The first-order chi connectivity index (χ1) is 7.47. The topological polar surface area (TPSA) is 23.6 Å². The first kappa shape index (κ1) is 13.2. The second-order valence-electron chi connectivity index (χ2n) is 4.55. The van der Waals surface area contributed by atoms with Gasteiger partial charge >= 0.3 is 0 Å². The van der Waals surface area contributed by atoms with Gasteiger partial charge in [0.15, 0.2) is 5.83 Å². The zero-order chi connectivity index (χ0) is 12.3. The number of hydrogen-bond donors (Lipinski definition) is 0. The molecule has 0 bridgehead atoms. The minimum absolute atomic E-state index is 0.108. The van der Waals surface area contributed by atoms with Crippen molar-refractivity contribution in [3.63, 3.8) is 0 Å². The molecule has 0 radical (unpaired) electrons. The normalized spacial score (nSPS) is 22.6. The molecular formula is C12H21FN2O. The molecule has 1 atom stereocenters. The molecule has 4 heteroatoms. The molecule has 1 rings (SSSR count). The van der Waals surface area contributed by atoms with E-state index < -0.39 is 11.7 Å². The lowest BCUT2D eigenvalue weighted by Gasteiger charge is -2.42. The van der Waals surface area contributed by atoms with Crippen molar-refractivity contribution in [2.24, 2.45) is 0 Å². The molecule has 92 valence electrons. The van der Waals surface area contributed by atoms with Crippen molar-refractivity contribution in [3.05, 3.63) is 12.4 Å². The zero-order valence-corrected chi connectivity index (χ0v) is 10.4. The fourth-order valence-electron chi connectivity index (χ4n) is 2.12. The molecule has 1 amide bonds. The summed E-state index contributed by atoms with van der Waals surface area (Å²) < 4.78 is 12.8. The van der Waals surface area contributed by atoms with Crippen molar-refractivity contribution in [1.29, 1.82) is 0 Å². The van der Waals surface area contributed by atoms with Gasteiger partial charge in [-0.3, -0.25) is 9.69 Å². The molecule has 1 saturated heterocycles. The molecule has 1 heterocycles. The maximum absolute atomic E-state index is 12.8. The minimum atomic E-state index is -0.851. The Bertz CT molecular complexity index is 278. The molecule has 0 aromatic carbocycles. The number of carbonyl (C=O) groups excluding carboxylic acids is 1. The first-order valence-electron chi connectivity index (χ1n) is 5.86. The Morgan fingerprint density at radius 1 is 1.50 bits per heavy atom. The van der Waals surface area contributed by atoms with Crippen LogP contribution in [0.1, 0.15) is 27.2 Å². The number of amides is 1. The molecule has 1 fully saturated rings. The molecule has 0 aromatic rings. The summed E-state index contributed by atoms with van der Waals surface area (Å²) in [5.41, 5.74) is 0. The van der Waals surface area contributed by atoms with Gasteiger partial charge in [0.1, 0.15) is 0 Å². The lowest BCUT2D eigenvalue weighted by Crippen LogP contribution is -2.56. The van der Waals surface area contributed by atoms with Crippen LogP contribution < -0.4 is 0 Å². The third kappa shape index (κ3) is 2.82. The van der Waals surface area contributed by atoms with Gasteiger partial charge in [-0.1, -0.05) is 13.5 Å². The number of halogens is 1. The number of carbonyl (C=O) groups is 1. The second kappa shape index (κ2) is 5.43. The molecule has 0 aromatic heterocycles. The van der Waals surface area contributed by atoms with Crippen LogP contribution in [0.15, 0.2) is 12.4 Å². The van der Waals surface area contributed by atoms with Gasteiger partial charge in [0.05, 0.1) is 0 Å². The van der Waals surface area contributed by atoms with Gasteiger partial charge in [-0.2, -0.15) is 0 Å². The third-order valence-corrected chi connectivity index (χ3v) is 3.21. The van der Waals surface area contributed by atoms with E-state index in [1.807, 2.05) is 6.92 Å².